The van der Waals surface area contributed by atoms with Crippen molar-refractivity contribution in [3.63, 3.8) is 0 Å². The van der Waals surface area contributed by atoms with Crippen LogP contribution in [0.3, 0.4) is 0 Å². The quantitative estimate of drug-likeness (QED) is 0.740. The molecule has 1 aromatic heterocycles. The summed E-state index contributed by atoms with van der Waals surface area (Å²) in [5.41, 5.74) is 6.40. The number of piperazine rings is 1. The van der Waals surface area contributed by atoms with Gasteiger partial charge in [0, 0.05) is 42.4 Å². The molecule has 124 valence electrons. The summed E-state index contributed by atoms with van der Waals surface area (Å²) in [4.78, 5) is 9.85. The third-order valence-electron chi connectivity index (χ3n) is 5.13. The van der Waals surface area contributed by atoms with Crippen molar-refractivity contribution in [3.05, 3.63) is 63.4 Å². The fourth-order valence-corrected chi connectivity index (χ4v) is 4.11. The molecule has 0 saturated carbocycles. The van der Waals surface area contributed by atoms with Crippen molar-refractivity contribution in [1.82, 2.24) is 14.8 Å². The second-order valence-electron chi connectivity index (χ2n) is 6.78. The molecule has 4 rings (SSSR count). The van der Waals surface area contributed by atoms with Gasteiger partial charge in [-0.3, -0.25) is 9.88 Å². The highest BCUT2D eigenvalue weighted by molar-refractivity contribution is 9.10. The number of hydrogen-bond acceptors (Lipinski definition) is 3. The number of nitrogens with zero attached hydrogens (tertiary/aromatic N) is 3. The lowest BCUT2D eigenvalue weighted by Gasteiger charge is -2.38. The average molecular weight is 384 g/mol. The molecule has 0 radical (unpaired) electrons. The maximum Gasteiger partial charge on any atom is 0.0789 e. The third-order valence-corrected chi connectivity index (χ3v) is 5.57. The van der Waals surface area contributed by atoms with Crippen molar-refractivity contribution in [2.24, 2.45) is 0 Å². The van der Waals surface area contributed by atoms with E-state index in [0.717, 1.165) is 30.7 Å². The Morgan fingerprint density at radius 1 is 1.12 bits per heavy atom. The smallest absolute Gasteiger partial charge is 0.0789 e. The van der Waals surface area contributed by atoms with Gasteiger partial charge in [0.1, 0.15) is 0 Å². The molecule has 1 atom stereocenters. The molecule has 0 N–H and O–H groups in total. The van der Waals surface area contributed by atoms with Crippen LogP contribution in [0.2, 0.25) is 0 Å². The van der Waals surface area contributed by atoms with Crippen molar-refractivity contribution in [2.45, 2.75) is 13.0 Å². The molecular weight excluding hydrogens is 362 g/mol. The Hall–Kier alpha value is -1.49. The maximum absolute atomic E-state index is 4.86. The second kappa shape index (κ2) is 6.43. The van der Waals surface area contributed by atoms with E-state index in [0.29, 0.717) is 0 Å². The first-order chi connectivity index (χ1) is 11.6. The molecule has 1 aromatic carbocycles. The van der Waals surface area contributed by atoms with E-state index >= 15 is 0 Å². The molecule has 1 aliphatic heterocycles. The monoisotopic (exact) mass is 383 g/mol. The van der Waals surface area contributed by atoms with E-state index in [2.05, 4.69) is 76.1 Å². The summed E-state index contributed by atoms with van der Waals surface area (Å²) in [5, 5.41) is 0. The highest BCUT2D eigenvalue weighted by Crippen LogP contribution is 2.39. The lowest BCUT2D eigenvalue weighted by atomic mass is 9.95. The van der Waals surface area contributed by atoms with Gasteiger partial charge in [-0.15, -0.1) is 0 Å². The van der Waals surface area contributed by atoms with E-state index < -0.39 is 0 Å². The van der Waals surface area contributed by atoms with Crippen LogP contribution in [0.4, 0.5) is 0 Å². The molecule has 0 spiro atoms. The van der Waals surface area contributed by atoms with Crippen molar-refractivity contribution < 1.29 is 0 Å². The van der Waals surface area contributed by atoms with Crippen LogP contribution in [0.1, 0.15) is 35.3 Å². The minimum atomic E-state index is 0.228. The number of hydrogen-bond donors (Lipinski definition) is 0. The van der Waals surface area contributed by atoms with Crippen LogP contribution in [0.15, 0.2) is 41.0 Å². The molecule has 3 nitrogen and oxygen atoms in total. The van der Waals surface area contributed by atoms with Gasteiger partial charge in [0.25, 0.3) is 0 Å². The molecule has 1 saturated heterocycles. The molecular formula is C20H22BrN3. The van der Waals surface area contributed by atoms with Crippen LogP contribution >= 0.6 is 15.9 Å². The largest absolute Gasteiger partial charge is 0.304 e. The summed E-state index contributed by atoms with van der Waals surface area (Å²) >= 11 is 3.59. The first-order valence-electron chi connectivity index (χ1n) is 8.49. The SMILES string of the molecule is CC1=Cc2ccccc2C(N2CCN(C)CC2)c2ncc(Br)cc21. The average Bonchev–Trinajstić information content (AvgIpc) is 2.70. The number of allylic oxidation sites excluding steroid dienone is 1. The number of pyridine rings is 1. The number of fused-ring (bicyclic) bond motifs is 2. The van der Waals surface area contributed by atoms with Gasteiger partial charge >= 0.3 is 0 Å². The molecule has 1 fully saturated rings. The standard InChI is InChI=1S/C20H22BrN3/c1-14-11-15-5-3-4-6-17(15)20(24-9-7-23(2)8-10-24)19-18(14)12-16(21)13-22-19/h3-6,11-13,20H,7-10H2,1-2H3. The van der Waals surface area contributed by atoms with E-state index in [1.807, 2.05) is 6.20 Å². The second-order valence-corrected chi connectivity index (χ2v) is 7.70. The minimum Gasteiger partial charge on any atom is -0.304 e. The minimum absolute atomic E-state index is 0.228. The van der Waals surface area contributed by atoms with E-state index in [1.165, 1.54) is 28.0 Å². The molecule has 0 bridgehead atoms. The molecule has 2 aliphatic rings. The summed E-state index contributed by atoms with van der Waals surface area (Å²) in [6, 6.07) is 11.2. The van der Waals surface area contributed by atoms with E-state index in [4.69, 9.17) is 4.98 Å². The molecule has 0 amide bonds. The summed E-state index contributed by atoms with van der Waals surface area (Å²) < 4.78 is 1.04. The van der Waals surface area contributed by atoms with Crippen molar-refractivity contribution in [2.75, 3.05) is 33.2 Å². The van der Waals surface area contributed by atoms with Crippen molar-refractivity contribution in [3.8, 4) is 0 Å². The first-order valence-corrected chi connectivity index (χ1v) is 9.28. The fraction of sp³-hybridized carbons (Fsp3) is 0.350. The first kappa shape index (κ1) is 16.0. The van der Waals surface area contributed by atoms with E-state index in [-0.39, 0.29) is 6.04 Å². The van der Waals surface area contributed by atoms with Crippen molar-refractivity contribution in [1.29, 1.82) is 0 Å². The van der Waals surface area contributed by atoms with Gasteiger partial charge in [0.15, 0.2) is 0 Å². The summed E-state index contributed by atoms with van der Waals surface area (Å²) in [5.74, 6) is 0. The topological polar surface area (TPSA) is 19.4 Å². The van der Waals surface area contributed by atoms with E-state index in [9.17, 15) is 0 Å². The molecule has 24 heavy (non-hydrogen) atoms. The Morgan fingerprint density at radius 2 is 1.88 bits per heavy atom. The predicted octanol–water partition coefficient (Wildman–Crippen LogP) is 4.05. The lowest BCUT2D eigenvalue weighted by Crippen LogP contribution is -2.46. The Labute approximate surface area is 152 Å². The Bertz CT molecular complexity index is 791. The Kier molecular flexibility index (Phi) is 4.29. The number of rotatable bonds is 1. The molecule has 1 unspecified atom stereocenters. The van der Waals surface area contributed by atoms with Gasteiger partial charge in [-0.1, -0.05) is 30.3 Å². The van der Waals surface area contributed by atoms with E-state index in [1.54, 1.807) is 0 Å². The highest BCUT2D eigenvalue weighted by atomic mass is 79.9. The predicted molar refractivity (Wildman–Crippen MR) is 103 cm³/mol. The zero-order chi connectivity index (χ0) is 16.7. The normalized spacial score (nSPS) is 21.6. The Balaban J connectivity index is 1.88. The van der Waals surface area contributed by atoms with Crippen LogP contribution in [0.5, 0.6) is 0 Å². The summed E-state index contributed by atoms with van der Waals surface area (Å²) in [6.45, 7) is 6.56. The van der Waals surface area contributed by atoms with Crippen LogP contribution < -0.4 is 0 Å². The van der Waals surface area contributed by atoms with Crippen LogP contribution in [-0.2, 0) is 0 Å². The van der Waals surface area contributed by atoms with Gasteiger partial charge in [-0.2, -0.15) is 0 Å². The lowest BCUT2D eigenvalue weighted by molar-refractivity contribution is 0.125. The third kappa shape index (κ3) is 2.83. The van der Waals surface area contributed by atoms with Crippen LogP contribution in [0, 0.1) is 0 Å². The highest BCUT2D eigenvalue weighted by Gasteiger charge is 2.31. The number of likely N-dealkylation sites (N-methyl/N-ethyl adjacent to an activating group) is 1. The zero-order valence-corrected chi connectivity index (χ0v) is 15.8. The molecule has 2 aromatic rings. The number of benzene rings is 1. The van der Waals surface area contributed by atoms with Gasteiger partial charge in [0.05, 0.1) is 11.7 Å². The molecule has 2 heterocycles. The van der Waals surface area contributed by atoms with Crippen LogP contribution in [-0.4, -0.2) is 48.0 Å². The van der Waals surface area contributed by atoms with Crippen LogP contribution in [0.25, 0.3) is 11.6 Å². The van der Waals surface area contributed by atoms with Gasteiger partial charge < -0.3 is 4.90 Å². The number of halogens is 1. The maximum atomic E-state index is 4.86. The fourth-order valence-electron chi connectivity index (χ4n) is 3.78. The van der Waals surface area contributed by atoms with Gasteiger partial charge in [0.2, 0.25) is 0 Å². The number of aromatic nitrogens is 1. The van der Waals surface area contributed by atoms with Gasteiger partial charge in [-0.25, -0.2) is 0 Å². The summed E-state index contributed by atoms with van der Waals surface area (Å²) in [6.07, 6.45) is 4.24. The molecule has 4 heteroatoms. The van der Waals surface area contributed by atoms with Gasteiger partial charge in [-0.05, 0) is 52.7 Å². The Morgan fingerprint density at radius 3 is 2.67 bits per heavy atom. The van der Waals surface area contributed by atoms with Crippen molar-refractivity contribution >= 4 is 27.6 Å². The zero-order valence-electron chi connectivity index (χ0n) is 14.2. The summed E-state index contributed by atoms with van der Waals surface area (Å²) in [7, 11) is 2.20. The molecule has 1 aliphatic carbocycles.